The lowest BCUT2D eigenvalue weighted by Crippen LogP contribution is -1.99. The Balaban J connectivity index is 1.86. The van der Waals surface area contributed by atoms with Crippen molar-refractivity contribution in [2.24, 2.45) is 0 Å². The van der Waals surface area contributed by atoms with E-state index in [-0.39, 0.29) is 5.82 Å². The monoisotopic (exact) mass is 331 g/mol. The molecule has 0 spiro atoms. The van der Waals surface area contributed by atoms with Crippen molar-refractivity contribution in [2.75, 3.05) is 6.26 Å². The third-order valence-corrected chi connectivity index (χ3v) is 5.70. The van der Waals surface area contributed by atoms with Crippen LogP contribution in [0.15, 0.2) is 45.3 Å². The van der Waals surface area contributed by atoms with Crippen LogP contribution >= 0.6 is 23.5 Å². The van der Waals surface area contributed by atoms with E-state index >= 15 is 0 Å². The Morgan fingerprint density at radius 1 is 1.27 bits per heavy atom. The molecule has 0 aliphatic heterocycles. The van der Waals surface area contributed by atoms with Crippen molar-refractivity contribution in [3.8, 4) is 0 Å². The van der Waals surface area contributed by atoms with Gasteiger partial charge in [-0.25, -0.2) is 13.9 Å². The SMILES string of the molecule is CSc1nn2c3c(cnc2c1Sc1cccc(F)c1)CCC3. The van der Waals surface area contributed by atoms with Gasteiger partial charge in [0.25, 0.3) is 0 Å². The smallest absolute Gasteiger partial charge is 0.170 e. The van der Waals surface area contributed by atoms with E-state index in [9.17, 15) is 4.39 Å². The second kappa shape index (κ2) is 5.59. The summed E-state index contributed by atoms with van der Waals surface area (Å²) in [4.78, 5) is 6.49. The fourth-order valence-corrected chi connectivity index (χ4v) is 4.55. The summed E-state index contributed by atoms with van der Waals surface area (Å²) < 4.78 is 15.4. The molecular formula is C16H14FN3S2. The second-order valence-corrected chi connectivity index (χ2v) is 7.10. The highest BCUT2D eigenvalue weighted by molar-refractivity contribution is 8.02. The third-order valence-electron chi connectivity index (χ3n) is 3.83. The highest BCUT2D eigenvalue weighted by Crippen LogP contribution is 2.38. The van der Waals surface area contributed by atoms with E-state index in [1.165, 1.54) is 29.1 Å². The number of nitrogens with zero attached hydrogens (tertiary/aromatic N) is 3. The van der Waals surface area contributed by atoms with Crippen LogP contribution in [0.1, 0.15) is 17.7 Å². The van der Waals surface area contributed by atoms with E-state index in [1.807, 2.05) is 23.0 Å². The molecule has 0 atom stereocenters. The van der Waals surface area contributed by atoms with E-state index in [4.69, 9.17) is 5.10 Å². The normalized spacial score (nSPS) is 13.7. The van der Waals surface area contributed by atoms with Gasteiger partial charge in [-0.15, -0.1) is 11.8 Å². The number of hydrogen-bond donors (Lipinski definition) is 0. The van der Waals surface area contributed by atoms with Crippen LogP contribution in [-0.4, -0.2) is 20.9 Å². The predicted octanol–water partition coefficient (Wildman–Crippen LogP) is 4.23. The molecule has 0 radical (unpaired) electrons. The molecule has 0 saturated heterocycles. The van der Waals surface area contributed by atoms with Crippen molar-refractivity contribution in [2.45, 2.75) is 34.1 Å². The van der Waals surface area contributed by atoms with Crippen molar-refractivity contribution in [1.82, 2.24) is 14.6 Å². The maximum Gasteiger partial charge on any atom is 0.170 e. The molecule has 0 fully saturated rings. The molecule has 4 rings (SSSR count). The van der Waals surface area contributed by atoms with Crippen LogP contribution in [0, 0.1) is 5.82 Å². The molecule has 112 valence electrons. The van der Waals surface area contributed by atoms with Crippen molar-refractivity contribution in [1.29, 1.82) is 0 Å². The number of fused-ring (bicyclic) bond motifs is 3. The summed E-state index contributed by atoms with van der Waals surface area (Å²) in [5.74, 6) is -0.221. The van der Waals surface area contributed by atoms with Gasteiger partial charge in [0.1, 0.15) is 10.8 Å². The number of rotatable bonds is 3. The van der Waals surface area contributed by atoms with Crippen LogP contribution in [0.25, 0.3) is 5.65 Å². The zero-order chi connectivity index (χ0) is 15.1. The quantitative estimate of drug-likeness (QED) is 0.672. The van der Waals surface area contributed by atoms with E-state index in [0.717, 1.165) is 39.7 Å². The average Bonchev–Trinajstić information content (AvgIpc) is 3.11. The zero-order valence-corrected chi connectivity index (χ0v) is 13.7. The Morgan fingerprint density at radius 3 is 3.00 bits per heavy atom. The summed E-state index contributed by atoms with van der Waals surface area (Å²) in [7, 11) is 0. The Labute approximate surface area is 136 Å². The van der Waals surface area contributed by atoms with Gasteiger partial charge in [0.15, 0.2) is 5.65 Å². The van der Waals surface area contributed by atoms with Crippen LogP contribution in [0.2, 0.25) is 0 Å². The summed E-state index contributed by atoms with van der Waals surface area (Å²) in [5, 5.41) is 5.67. The van der Waals surface area contributed by atoms with Gasteiger partial charge in [0.2, 0.25) is 0 Å². The molecule has 2 aromatic heterocycles. The molecule has 2 heterocycles. The Hall–Kier alpha value is -1.53. The summed E-state index contributed by atoms with van der Waals surface area (Å²) in [6.45, 7) is 0. The van der Waals surface area contributed by atoms with E-state index in [1.54, 1.807) is 23.9 Å². The molecular weight excluding hydrogens is 317 g/mol. The maximum absolute atomic E-state index is 13.4. The summed E-state index contributed by atoms with van der Waals surface area (Å²) in [6, 6.07) is 6.65. The zero-order valence-electron chi connectivity index (χ0n) is 12.0. The fourth-order valence-electron chi connectivity index (χ4n) is 2.82. The lowest BCUT2D eigenvalue weighted by molar-refractivity contribution is 0.624. The second-order valence-electron chi connectivity index (χ2n) is 5.22. The first-order valence-corrected chi connectivity index (χ1v) is 9.17. The van der Waals surface area contributed by atoms with Gasteiger partial charge in [-0.2, -0.15) is 5.10 Å². The number of benzene rings is 1. The predicted molar refractivity (Wildman–Crippen MR) is 87.3 cm³/mol. The minimum absolute atomic E-state index is 0.221. The van der Waals surface area contributed by atoms with E-state index < -0.39 is 0 Å². The first-order valence-electron chi connectivity index (χ1n) is 7.13. The Bertz CT molecular complexity index is 860. The van der Waals surface area contributed by atoms with Gasteiger partial charge in [0, 0.05) is 16.8 Å². The molecule has 3 nitrogen and oxygen atoms in total. The molecule has 0 amide bonds. The van der Waals surface area contributed by atoms with Gasteiger partial charge in [-0.3, -0.25) is 0 Å². The van der Waals surface area contributed by atoms with Crippen LogP contribution in [0.5, 0.6) is 0 Å². The van der Waals surface area contributed by atoms with Crippen LogP contribution in [-0.2, 0) is 12.8 Å². The van der Waals surface area contributed by atoms with Gasteiger partial charge in [-0.05, 0) is 49.3 Å². The molecule has 0 unspecified atom stereocenters. The minimum atomic E-state index is -0.221. The largest absolute Gasteiger partial charge is 0.236 e. The van der Waals surface area contributed by atoms with Gasteiger partial charge in [-0.1, -0.05) is 17.8 Å². The van der Waals surface area contributed by atoms with Gasteiger partial charge >= 0.3 is 0 Å². The summed E-state index contributed by atoms with van der Waals surface area (Å²) in [5.41, 5.74) is 3.44. The number of aryl methyl sites for hydroxylation is 2. The van der Waals surface area contributed by atoms with Crippen LogP contribution in [0.3, 0.4) is 0 Å². The summed E-state index contributed by atoms with van der Waals surface area (Å²) in [6.07, 6.45) is 7.28. The topological polar surface area (TPSA) is 30.2 Å². The molecule has 0 N–H and O–H groups in total. The lowest BCUT2D eigenvalue weighted by Gasteiger charge is -2.03. The Morgan fingerprint density at radius 2 is 2.18 bits per heavy atom. The molecule has 0 bridgehead atoms. The average molecular weight is 331 g/mol. The van der Waals surface area contributed by atoms with Crippen LogP contribution < -0.4 is 0 Å². The number of hydrogen-bond acceptors (Lipinski definition) is 4. The van der Waals surface area contributed by atoms with E-state index in [0.29, 0.717) is 0 Å². The summed E-state index contributed by atoms with van der Waals surface area (Å²) >= 11 is 3.13. The fraction of sp³-hybridized carbons (Fsp3) is 0.250. The van der Waals surface area contributed by atoms with Crippen LogP contribution in [0.4, 0.5) is 4.39 Å². The lowest BCUT2D eigenvalue weighted by atomic mass is 10.3. The molecule has 0 saturated carbocycles. The molecule has 3 aromatic rings. The highest BCUT2D eigenvalue weighted by Gasteiger charge is 2.21. The maximum atomic E-state index is 13.4. The molecule has 1 aliphatic rings. The number of aromatic nitrogens is 3. The third kappa shape index (κ3) is 2.30. The number of halogens is 1. The van der Waals surface area contributed by atoms with E-state index in [2.05, 4.69) is 4.98 Å². The molecule has 6 heteroatoms. The highest BCUT2D eigenvalue weighted by atomic mass is 32.2. The first-order chi connectivity index (χ1) is 10.8. The number of thioether (sulfide) groups is 1. The van der Waals surface area contributed by atoms with Crippen molar-refractivity contribution in [3.05, 3.63) is 47.5 Å². The van der Waals surface area contributed by atoms with Crippen molar-refractivity contribution < 1.29 is 4.39 Å². The minimum Gasteiger partial charge on any atom is -0.236 e. The Kier molecular flexibility index (Phi) is 3.58. The van der Waals surface area contributed by atoms with Crippen molar-refractivity contribution >= 4 is 29.2 Å². The standard InChI is InChI=1S/C16H14FN3S2/c1-21-16-14(22-12-6-3-5-11(17)8-12)15-18-9-10-4-2-7-13(10)20(15)19-16/h3,5-6,8-9H,2,4,7H2,1H3. The molecule has 1 aliphatic carbocycles. The van der Waals surface area contributed by atoms with Gasteiger partial charge < -0.3 is 0 Å². The molecule has 1 aromatic carbocycles. The van der Waals surface area contributed by atoms with Gasteiger partial charge in [0.05, 0.1) is 4.90 Å². The van der Waals surface area contributed by atoms with Crippen molar-refractivity contribution in [3.63, 3.8) is 0 Å². The first kappa shape index (κ1) is 14.1. The molecule has 22 heavy (non-hydrogen) atoms.